The molecule has 0 aliphatic heterocycles. The number of halogens is 2. The minimum absolute atomic E-state index is 0.0194. The van der Waals surface area contributed by atoms with Crippen LogP contribution in [-0.4, -0.2) is 11.7 Å². The summed E-state index contributed by atoms with van der Waals surface area (Å²) < 4.78 is 40.5. The Bertz CT molecular complexity index is 901. The minimum Gasteiger partial charge on any atom is -0.490 e. The van der Waals surface area contributed by atoms with Crippen molar-refractivity contribution in [3.63, 3.8) is 0 Å². The molecule has 0 bridgehead atoms. The zero-order valence-electron chi connectivity index (χ0n) is 15.1. The van der Waals surface area contributed by atoms with E-state index in [0.717, 1.165) is 25.7 Å². The van der Waals surface area contributed by atoms with Crippen LogP contribution in [0.4, 0.5) is 8.78 Å². The third-order valence-electron chi connectivity index (χ3n) is 4.61. The van der Waals surface area contributed by atoms with Crippen LogP contribution in [0.15, 0.2) is 28.7 Å². The number of rotatable bonds is 8. The highest BCUT2D eigenvalue weighted by molar-refractivity contribution is 6.05. The van der Waals surface area contributed by atoms with Crippen LogP contribution in [0.2, 0.25) is 0 Å². The minimum atomic E-state index is -0.903. The molecule has 0 saturated heterocycles. The first kappa shape index (κ1) is 18.6. The van der Waals surface area contributed by atoms with Crippen molar-refractivity contribution in [2.45, 2.75) is 52.1 Å². The normalized spacial score (nSPS) is 12.8. The number of aliphatic hydroxyl groups excluding tert-OH is 1. The maximum Gasteiger partial charge on any atom is 0.208 e. The van der Waals surface area contributed by atoms with Crippen molar-refractivity contribution in [1.82, 2.24) is 0 Å². The fourth-order valence-corrected chi connectivity index (χ4v) is 3.17. The highest BCUT2D eigenvalue weighted by Gasteiger charge is 2.21. The highest BCUT2D eigenvalue weighted by Crippen LogP contribution is 2.37. The lowest BCUT2D eigenvalue weighted by Gasteiger charge is -2.10. The second-order valence-corrected chi connectivity index (χ2v) is 6.56. The summed E-state index contributed by atoms with van der Waals surface area (Å²) in [5, 5.41) is 11.1. The van der Waals surface area contributed by atoms with Crippen LogP contribution < -0.4 is 4.74 Å². The van der Waals surface area contributed by atoms with Gasteiger partial charge in [0.15, 0.2) is 22.7 Å². The molecule has 26 heavy (non-hydrogen) atoms. The van der Waals surface area contributed by atoms with E-state index in [1.165, 1.54) is 0 Å². The predicted octanol–water partition coefficient (Wildman–Crippen LogP) is 6.27. The van der Waals surface area contributed by atoms with Gasteiger partial charge in [0.2, 0.25) is 5.82 Å². The molecule has 0 aliphatic rings. The van der Waals surface area contributed by atoms with Crippen molar-refractivity contribution in [2.75, 3.05) is 6.61 Å². The van der Waals surface area contributed by atoms with E-state index in [9.17, 15) is 13.9 Å². The topological polar surface area (TPSA) is 42.6 Å². The van der Waals surface area contributed by atoms with Gasteiger partial charge in [0.25, 0.3) is 0 Å². The number of unbranched alkanes of at least 4 members (excludes halogenated alkanes) is 2. The second kappa shape index (κ2) is 8.04. The number of benzene rings is 2. The molecule has 3 rings (SSSR count). The molecule has 0 spiro atoms. The van der Waals surface area contributed by atoms with Gasteiger partial charge in [0.05, 0.1) is 12.7 Å². The van der Waals surface area contributed by atoms with Crippen molar-refractivity contribution in [3.05, 3.63) is 41.5 Å². The first-order chi connectivity index (χ1) is 12.6. The number of ether oxygens (including phenoxy) is 1. The van der Waals surface area contributed by atoms with E-state index in [-0.39, 0.29) is 22.5 Å². The van der Waals surface area contributed by atoms with Crippen LogP contribution in [-0.2, 0) is 0 Å². The Morgan fingerprint density at radius 1 is 0.962 bits per heavy atom. The Balaban J connectivity index is 2.01. The molecule has 1 aromatic heterocycles. The summed E-state index contributed by atoms with van der Waals surface area (Å²) >= 11 is 0. The quantitative estimate of drug-likeness (QED) is 0.480. The Kier molecular flexibility index (Phi) is 5.77. The van der Waals surface area contributed by atoms with E-state index in [4.69, 9.17) is 9.15 Å². The van der Waals surface area contributed by atoms with Gasteiger partial charge in [-0.3, -0.25) is 0 Å². The predicted molar refractivity (Wildman–Crippen MR) is 98.5 cm³/mol. The highest BCUT2D eigenvalue weighted by atomic mass is 19.1. The van der Waals surface area contributed by atoms with Gasteiger partial charge in [-0.25, -0.2) is 4.39 Å². The summed E-state index contributed by atoms with van der Waals surface area (Å²) in [5.74, 6) is -1.14. The molecular formula is C21H24F2O3. The Morgan fingerprint density at radius 2 is 1.65 bits per heavy atom. The third kappa shape index (κ3) is 3.40. The summed E-state index contributed by atoms with van der Waals surface area (Å²) in [5.41, 5.74) is 0.124. The van der Waals surface area contributed by atoms with Gasteiger partial charge in [-0.2, -0.15) is 4.39 Å². The molecule has 3 aromatic rings. The van der Waals surface area contributed by atoms with E-state index < -0.39 is 17.7 Å². The van der Waals surface area contributed by atoms with Crippen molar-refractivity contribution in [1.29, 1.82) is 0 Å². The lowest BCUT2D eigenvalue weighted by molar-refractivity contribution is 0.162. The van der Waals surface area contributed by atoms with Crippen molar-refractivity contribution < 1.29 is 23.0 Å². The molecule has 0 unspecified atom stereocenters. The number of hydrogen-bond donors (Lipinski definition) is 1. The Morgan fingerprint density at radius 3 is 2.35 bits per heavy atom. The summed E-state index contributed by atoms with van der Waals surface area (Å²) in [7, 11) is 0. The number of fused-ring (bicyclic) bond motifs is 3. The van der Waals surface area contributed by atoms with Crippen molar-refractivity contribution in [3.8, 4) is 5.75 Å². The molecule has 2 aromatic carbocycles. The van der Waals surface area contributed by atoms with E-state index in [1.54, 1.807) is 24.3 Å². The van der Waals surface area contributed by atoms with Crippen LogP contribution in [0.5, 0.6) is 5.75 Å². The van der Waals surface area contributed by atoms with Crippen molar-refractivity contribution >= 4 is 21.9 Å². The molecule has 0 amide bonds. The average Bonchev–Trinajstić information content (AvgIpc) is 3.01. The van der Waals surface area contributed by atoms with Gasteiger partial charge in [0, 0.05) is 16.3 Å². The first-order valence-electron chi connectivity index (χ1n) is 9.22. The fraction of sp³-hybridized carbons (Fsp3) is 0.429. The molecular weight excluding hydrogens is 338 g/mol. The van der Waals surface area contributed by atoms with Gasteiger partial charge >= 0.3 is 0 Å². The molecule has 140 valence electrons. The smallest absolute Gasteiger partial charge is 0.208 e. The second-order valence-electron chi connectivity index (χ2n) is 6.56. The number of furan rings is 1. The molecule has 0 aliphatic carbocycles. The SMILES string of the molecule is CCCCCOc1ccc2c(oc3c(F)c([C@H](O)CCC)ccc32)c1F. The van der Waals surface area contributed by atoms with Gasteiger partial charge in [-0.1, -0.05) is 39.2 Å². The average molecular weight is 362 g/mol. The standard InChI is InChI=1S/C21H24F2O3/c1-3-5-6-12-25-17-11-10-14-13-8-9-15(16(24)7-4-2)18(22)20(13)26-21(14)19(17)23/h8-11,16,24H,3-7,12H2,1-2H3/t16-/m1/s1. The first-order valence-corrected chi connectivity index (χ1v) is 9.22. The molecule has 1 heterocycles. The maximum absolute atomic E-state index is 14.8. The van der Waals surface area contributed by atoms with Crippen LogP contribution in [0.25, 0.3) is 21.9 Å². The molecule has 0 radical (unpaired) electrons. The monoisotopic (exact) mass is 362 g/mol. The van der Waals surface area contributed by atoms with Crippen LogP contribution in [0, 0.1) is 11.6 Å². The largest absolute Gasteiger partial charge is 0.490 e. The Hall–Kier alpha value is -2.14. The summed E-state index contributed by atoms with van der Waals surface area (Å²) in [6, 6.07) is 6.44. The third-order valence-corrected chi connectivity index (χ3v) is 4.61. The van der Waals surface area contributed by atoms with Gasteiger partial charge in [-0.05, 0) is 31.0 Å². The van der Waals surface area contributed by atoms with E-state index >= 15 is 0 Å². The molecule has 5 heteroatoms. The number of hydrogen-bond acceptors (Lipinski definition) is 3. The Labute approximate surface area is 151 Å². The van der Waals surface area contributed by atoms with E-state index in [0.29, 0.717) is 23.8 Å². The van der Waals surface area contributed by atoms with Crippen LogP contribution in [0.3, 0.4) is 0 Å². The van der Waals surface area contributed by atoms with Gasteiger partial charge in [-0.15, -0.1) is 0 Å². The number of aliphatic hydroxyl groups is 1. The zero-order valence-corrected chi connectivity index (χ0v) is 15.1. The van der Waals surface area contributed by atoms with Gasteiger partial charge < -0.3 is 14.3 Å². The lowest BCUT2D eigenvalue weighted by Crippen LogP contribution is -2.00. The van der Waals surface area contributed by atoms with Gasteiger partial charge in [0.1, 0.15) is 0 Å². The summed E-state index contributed by atoms with van der Waals surface area (Å²) in [6.45, 7) is 4.43. The summed E-state index contributed by atoms with van der Waals surface area (Å²) in [4.78, 5) is 0. The van der Waals surface area contributed by atoms with Crippen LogP contribution in [0.1, 0.15) is 57.6 Å². The molecule has 1 N–H and O–H groups in total. The van der Waals surface area contributed by atoms with Crippen molar-refractivity contribution in [2.24, 2.45) is 0 Å². The summed E-state index contributed by atoms with van der Waals surface area (Å²) in [6.07, 6.45) is 3.20. The molecule has 1 atom stereocenters. The molecule has 0 saturated carbocycles. The van der Waals surface area contributed by atoms with E-state index in [2.05, 4.69) is 6.92 Å². The van der Waals surface area contributed by atoms with E-state index in [1.807, 2.05) is 6.92 Å². The maximum atomic E-state index is 14.8. The lowest BCUT2D eigenvalue weighted by atomic mass is 10.0. The van der Waals surface area contributed by atoms with Crippen LogP contribution >= 0.6 is 0 Å². The molecule has 0 fully saturated rings. The fourth-order valence-electron chi connectivity index (χ4n) is 3.17. The molecule has 3 nitrogen and oxygen atoms in total. The zero-order chi connectivity index (χ0) is 18.7.